The number of benzene rings is 1. The van der Waals surface area contributed by atoms with Gasteiger partial charge in [0.15, 0.2) is 17.5 Å². The van der Waals surface area contributed by atoms with Gasteiger partial charge in [0, 0.05) is 19.2 Å². The summed E-state index contributed by atoms with van der Waals surface area (Å²) in [4.78, 5) is 10.8. The third-order valence-corrected chi connectivity index (χ3v) is 4.05. The van der Waals surface area contributed by atoms with Gasteiger partial charge in [-0.1, -0.05) is 12.8 Å². The molecule has 0 atom stereocenters. The average molecular weight is 336 g/mol. The minimum atomic E-state index is -1.50. The largest absolute Gasteiger partial charge is 0.356 e. The fourth-order valence-electron chi connectivity index (χ4n) is 2.84. The molecule has 1 saturated heterocycles. The van der Waals surface area contributed by atoms with Gasteiger partial charge in [-0.2, -0.15) is 0 Å². The van der Waals surface area contributed by atoms with Crippen LogP contribution in [0.25, 0.3) is 0 Å². The quantitative estimate of drug-likeness (QED) is 0.847. The van der Waals surface area contributed by atoms with Crippen LogP contribution in [0, 0.1) is 24.4 Å². The zero-order valence-corrected chi connectivity index (χ0v) is 13.5. The second-order valence-corrected chi connectivity index (χ2v) is 5.91. The highest BCUT2D eigenvalue weighted by atomic mass is 19.2. The molecule has 4 nitrogen and oxygen atoms in total. The summed E-state index contributed by atoms with van der Waals surface area (Å²) >= 11 is 0. The third kappa shape index (κ3) is 3.60. The number of anilines is 3. The fraction of sp³-hybridized carbons (Fsp3) is 0.412. The molecule has 1 aromatic heterocycles. The Kier molecular flexibility index (Phi) is 4.87. The van der Waals surface area contributed by atoms with Crippen molar-refractivity contribution in [3.8, 4) is 0 Å². The smallest absolute Gasteiger partial charge is 0.196 e. The Hall–Kier alpha value is -2.31. The van der Waals surface area contributed by atoms with Gasteiger partial charge in [0.1, 0.15) is 17.5 Å². The Labute approximate surface area is 138 Å². The molecular formula is C17H19F3N4. The minimum Gasteiger partial charge on any atom is -0.356 e. The molecule has 0 amide bonds. The standard InChI is InChI=1S/C17H19F3N4/c1-11-21-14(23-13-7-6-12(18)16(19)17(13)20)10-15(22-11)24-8-4-2-3-5-9-24/h6-7,10H,2-5,8-9H2,1H3,(H,21,22,23). The lowest BCUT2D eigenvalue weighted by atomic mass is 10.2. The molecule has 0 spiro atoms. The van der Waals surface area contributed by atoms with Gasteiger partial charge in [-0.3, -0.25) is 0 Å². The highest BCUT2D eigenvalue weighted by molar-refractivity contribution is 5.60. The second kappa shape index (κ2) is 7.07. The van der Waals surface area contributed by atoms with Gasteiger partial charge >= 0.3 is 0 Å². The molecule has 2 heterocycles. The van der Waals surface area contributed by atoms with Crippen LogP contribution in [0.1, 0.15) is 31.5 Å². The maximum Gasteiger partial charge on any atom is 0.196 e. The summed E-state index contributed by atoms with van der Waals surface area (Å²) in [5.41, 5.74) is -0.159. The SMILES string of the molecule is Cc1nc(Nc2ccc(F)c(F)c2F)cc(N2CCCCCC2)n1. The highest BCUT2D eigenvalue weighted by Crippen LogP contribution is 2.25. The van der Waals surface area contributed by atoms with E-state index in [1.54, 1.807) is 13.0 Å². The van der Waals surface area contributed by atoms with Gasteiger partial charge in [0.2, 0.25) is 0 Å². The highest BCUT2D eigenvalue weighted by Gasteiger charge is 2.16. The number of aromatic nitrogens is 2. The van der Waals surface area contributed by atoms with Crippen molar-refractivity contribution in [2.75, 3.05) is 23.3 Å². The number of nitrogens with one attached hydrogen (secondary N) is 1. The van der Waals surface area contributed by atoms with Crippen LogP contribution in [-0.4, -0.2) is 23.1 Å². The van der Waals surface area contributed by atoms with E-state index in [2.05, 4.69) is 20.2 Å². The molecular weight excluding hydrogens is 317 g/mol. The number of hydrogen-bond acceptors (Lipinski definition) is 4. The summed E-state index contributed by atoms with van der Waals surface area (Å²) in [5.74, 6) is -2.34. The van der Waals surface area contributed by atoms with Gasteiger partial charge in [-0.25, -0.2) is 23.1 Å². The van der Waals surface area contributed by atoms with Crippen molar-refractivity contribution in [1.29, 1.82) is 0 Å². The first-order chi connectivity index (χ1) is 11.5. The topological polar surface area (TPSA) is 41.1 Å². The molecule has 0 bridgehead atoms. The van der Waals surface area contributed by atoms with Crippen molar-refractivity contribution in [2.24, 2.45) is 0 Å². The summed E-state index contributed by atoms with van der Waals surface area (Å²) in [7, 11) is 0. The normalized spacial score (nSPS) is 15.2. The van der Waals surface area contributed by atoms with Crippen LogP contribution in [0.4, 0.5) is 30.5 Å². The number of nitrogens with zero attached hydrogens (tertiary/aromatic N) is 3. The molecule has 0 radical (unpaired) electrons. The van der Waals surface area contributed by atoms with Gasteiger partial charge in [-0.05, 0) is 31.9 Å². The Morgan fingerprint density at radius 2 is 1.67 bits per heavy atom. The van der Waals surface area contributed by atoms with Crippen molar-refractivity contribution in [2.45, 2.75) is 32.6 Å². The third-order valence-electron chi connectivity index (χ3n) is 4.05. The van der Waals surface area contributed by atoms with E-state index in [1.807, 2.05) is 0 Å². The predicted octanol–water partition coefficient (Wildman–Crippen LogP) is 4.33. The molecule has 2 aromatic rings. The molecule has 1 N–H and O–H groups in total. The zero-order valence-electron chi connectivity index (χ0n) is 13.5. The van der Waals surface area contributed by atoms with Gasteiger partial charge in [-0.15, -0.1) is 0 Å². The maximum atomic E-state index is 13.8. The molecule has 128 valence electrons. The van der Waals surface area contributed by atoms with Crippen LogP contribution in [0.3, 0.4) is 0 Å². The lowest BCUT2D eigenvalue weighted by molar-refractivity contribution is 0.449. The van der Waals surface area contributed by atoms with Crippen molar-refractivity contribution in [3.05, 3.63) is 41.5 Å². The molecule has 0 aliphatic carbocycles. The van der Waals surface area contributed by atoms with Crippen LogP contribution in [0.2, 0.25) is 0 Å². The Morgan fingerprint density at radius 1 is 0.958 bits per heavy atom. The van der Waals surface area contributed by atoms with E-state index in [0.29, 0.717) is 11.6 Å². The molecule has 24 heavy (non-hydrogen) atoms. The second-order valence-electron chi connectivity index (χ2n) is 5.91. The number of halogens is 3. The van der Waals surface area contributed by atoms with E-state index in [9.17, 15) is 13.2 Å². The Bertz CT molecular complexity index is 728. The van der Waals surface area contributed by atoms with Gasteiger partial charge in [0.05, 0.1) is 5.69 Å². The van der Waals surface area contributed by atoms with E-state index in [1.165, 1.54) is 12.8 Å². The van der Waals surface area contributed by atoms with E-state index in [-0.39, 0.29) is 5.69 Å². The molecule has 7 heteroatoms. The van der Waals surface area contributed by atoms with E-state index < -0.39 is 17.5 Å². The molecule has 0 unspecified atom stereocenters. The predicted molar refractivity (Wildman–Crippen MR) is 87.0 cm³/mol. The van der Waals surface area contributed by atoms with Crippen molar-refractivity contribution >= 4 is 17.3 Å². The average Bonchev–Trinajstić information content (AvgIpc) is 2.84. The molecule has 3 rings (SSSR count). The Morgan fingerprint density at radius 3 is 2.38 bits per heavy atom. The van der Waals surface area contributed by atoms with E-state index in [0.717, 1.165) is 43.9 Å². The van der Waals surface area contributed by atoms with Gasteiger partial charge < -0.3 is 10.2 Å². The van der Waals surface area contributed by atoms with E-state index in [4.69, 9.17) is 0 Å². The van der Waals surface area contributed by atoms with Crippen LogP contribution in [0.5, 0.6) is 0 Å². The van der Waals surface area contributed by atoms with Crippen LogP contribution < -0.4 is 10.2 Å². The van der Waals surface area contributed by atoms with Gasteiger partial charge in [0.25, 0.3) is 0 Å². The van der Waals surface area contributed by atoms with Crippen LogP contribution in [0.15, 0.2) is 18.2 Å². The zero-order chi connectivity index (χ0) is 17.1. The summed E-state index contributed by atoms with van der Waals surface area (Å²) in [6.07, 6.45) is 4.60. The molecule has 1 aromatic carbocycles. The monoisotopic (exact) mass is 336 g/mol. The molecule has 1 aliphatic heterocycles. The lowest BCUT2D eigenvalue weighted by Crippen LogP contribution is -2.25. The molecule has 1 aliphatic rings. The first-order valence-corrected chi connectivity index (χ1v) is 8.06. The molecule has 0 saturated carbocycles. The molecule has 1 fully saturated rings. The number of aryl methyl sites for hydroxylation is 1. The summed E-state index contributed by atoms with van der Waals surface area (Å²) in [6.45, 7) is 3.57. The number of hydrogen-bond donors (Lipinski definition) is 1. The maximum absolute atomic E-state index is 13.8. The Balaban J connectivity index is 1.87. The fourth-order valence-corrected chi connectivity index (χ4v) is 2.84. The van der Waals surface area contributed by atoms with E-state index >= 15 is 0 Å². The lowest BCUT2D eigenvalue weighted by Gasteiger charge is -2.22. The van der Waals surface area contributed by atoms with Crippen LogP contribution in [-0.2, 0) is 0 Å². The minimum absolute atomic E-state index is 0.159. The first kappa shape index (κ1) is 16.5. The van der Waals surface area contributed by atoms with Crippen molar-refractivity contribution in [1.82, 2.24) is 9.97 Å². The summed E-state index contributed by atoms with van der Waals surface area (Å²) < 4.78 is 40.2. The van der Waals surface area contributed by atoms with Crippen LogP contribution >= 0.6 is 0 Å². The van der Waals surface area contributed by atoms with Crippen molar-refractivity contribution < 1.29 is 13.2 Å². The first-order valence-electron chi connectivity index (χ1n) is 8.06. The summed E-state index contributed by atoms with van der Waals surface area (Å²) in [5, 5.41) is 2.72. The summed E-state index contributed by atoms with van der Waals surface area (Å²) in [6, 6.07) is 3.74. The van der Waals surface area contributed by atoms with Crippen molar-refractivity contribution in [3.63, 3.8) is 0 Å². The number of rotatable bonds is 3.